The molecule has 0 aromatic heterocycles. The van der Waals surface area contributed by atoms with Crippen LogP contribution in [0, 0.1) is 0 Å². The van der Waals surface area contributed by atoms with Crippen molar-refractivity contribution in [1.82, 2.24) is 0 Å². The van der Waals surface area contributed by atoms with E-state index in [1.165, 1.54) is 51.4 Å². The molecule has 0 amide bonds. The van der Waals surface area contributed by atoms with E-state index in [2.05, 4.69) is 45.7 Å². The predicted molar refractivity (Wildman–Crippen MR) is 113 cm³/mol. The Bertz CT molecular complexity index is 316. The summed E-state index contributed by atoms with van der Waals surface area (Å²) in [5.74, 6) is -0.906. The SMILES string of the molecule is CCCCCCCCC(Br)C(=O)OC(=O)C(Br)CCCCCCCC. The van der Waals surface area contributed by atoms with E-state index in [1.807, 2.05) is 0 Å². The highest BCUT2D eigenvalue weighted by molar-refractivity contribution is 9.10. The van der Waals surface area contributed by atoms with Crippen LogP contribution in [0.3, 0.4) is 0 Å². The first-order chi connectivity index (χ1) is 12.0. The standard InChI is InChI=1S/C20H36Br2O3/c1-3-5-7-9-11-13-15-17(21)19(23)25-20(24)18(22)16-14-12-10-8-6-4-2/h17-18H,3-16H2,1-2H3. The van der Waals surface area contributed by atoms with E-state index in [4.69, 9.17) is 4.74 Å². The third-order valence-corrected chi connectivity index (χ3v) is 6.00. The largest absolute Gasteiger partial charge is 0.391 e. The highest BCUT2D eigenvalue weighted by atomic mass is 79.9. The number of alkyl halides is 2. The topological polar surface area (TPSA) is 43.4 Å². The molecule has 0 fully saturated rings. The van der Waals surface area contributed by atoms with Crippen molar-refractivity contribution in [2.75, 3.05) is 0 Å². The maximum Gasteiger partial charge on any atom is 0.327 e. The number of carbonyl (C=O) groups excluding carboxylic acids is 2. The second-order valence-electron chi connectivity index (χ2n) is 6.79. The Kier molecular flexibility index (Phi) is 17.6. The van der Waals surface area contributed by atoms with Gasteiger partial charge in [0.05, 0.1) is 0 Å². The first kappa shape index (κ1) is 25.1. The molecule has 0 N–H and O–H groups in total. The van der Waals surface area contributed by atoms with Gasteiger partial charge < -0.3 is 4.74 Å². The zero-order valence-corrected chi connectivity index (χ0v) is 19.2. The van der Waals surface area contributed by atoms with E-state index in [0.717, 1.165) is 38.5 Å². The van der Waals surface area contributed by atoms with Gasteiger partial charge in [0.2, 0.25) is 0 Å². The van der Waals surface area contributed by atoms with Crippen molar-refractivity contribution in [3.05, 3.63) is 0 Å². The van der Waals surface area contributed by atoms with Crippen LogP contribution in [-0.4, -0.2) is 21.6 Å². The summed E-state index contributed by atoms with van der Waals surface area (Å²) in [6.07, 6.45) is 15.6. The average molecular weight is 484 g/mol. The number of halogens is 2. The lowest BCUT2D eigenvalue weighted by Crippen LogP contribution is -2.26. The Morgan fingerprint density at radius 1 is 0.640 bits per heavy atom. The third kappa shape index (κ3) is 14.9. The lowest BCUT2D eigenvalue weighted by molar-refractivity contribution is -0.158. The predicted octanol–water partition coefficient (Wildman–Crippen LogP) is 7.08. The van der Waals surface area contributed by atoms with Gasteiger partial charge >= 0.3 is 11.9 Å². The van der Waals surface area contributed by atoms with E-state index in [1.54, 1.807) is 0 Å². The lowest BCUT2D eigenvalue weighted by atomic mass is 10.1. The molecule has 25 heavy (non-hydrogen) atoms. The van der Waals surface area contributed by atoms with Crippen LogP contribution in [0.4, 0.5) is 0 Å². The highest BCUT2D eigenvalue weighted by Gasteiger charge is 2.23. The molecule has 0 saturated carbocycles. The van der Waals surface area contributed by atoms with Crippen LogP contribution in [0.2, 0.25) is 0 Å². The minimum Gasteiger partial charge on any atom is -0.391 e. The Hall–Kier alpha value is 0.1000. The normalized spacial score (nSPS) is 13.4. The summed E-state index contributed by atoms with van der Waals surface area (Å²) in [6.45, 7) is 4.40. The fourth-order valence-electron chi connectivity index (χ4n) is 2.67. The zero-order chi connectivity index (χ0) is 18.9. The Balaban J connectivity index is 3.77. The first-order valence-corrected chi connectivity index (χ1v) is 11.9. The van der Waals surface area contributed by atoms with Gasteiger partial charge in [0.1, 0.15) is 9.65 Å². The number of unbranched alkanes of at least 4 members (excludes halogenated alkanes) is 10. The first-order valence-electron chi connectivity index (χ1n) is 10.1. The van der Waals surface area contributed by atoms with Gasteiger partial charge in [0, 0.05) is 0 Å². The maximum absolute atomic E-state index is 12.0. The van der Waals surface area contributed by atoms with Gasteiger partial charge in [0.15, 0.2) is 0 Å². The Morgan fingerprint density at radius 3 is 1.32 bits per heavy atom. The number of hydrogen-bond donors (Lipinski definition) is 0. The number of carbonyl (C=O) groups is 2. The van der Waals surface area contributed by atoms with Gasteiger partial charge in [-0.1, -0.05) is 123 Å². The van der Waals surface area contributed by atoms with E-state index in [-0.39, 0.29) is 9.65 Å². The van der Waals surface area contributed by atoms with Gasteiger partial charge in [-0.15, -0.1) is 0 Å². The van der Waals surface area contributed by atoms with Gasteiger partial charge in [-0.25, -0.2) is 0 Å². The summed E-state index contributed by atoms with van der Waals surface area (Å²) in [5.41, 5.74) is 0. The van der Waals surface area contributed by atoms with Crippen LogP contribution < -0.4 is 0 Å². The second-order valence-corrected chi connectivity index (χ2v) is 9.00. The molecule has 0 heterocycles. The molecule has 0 bridgehead atoms. The molecule has 5 heteroatoms. The fraction of sp³-hybridized carbons (Fsp3) is 0.900. The molecule has 0 rings (SSSR count). The fourth-order valence-corrected chi connectivity index (χ4v) is 3.50. The smallest absolute Gasteiger partial charge is 0.327 e. The van der Waals surface area contributed by atoms with E-state index >= 15 is 0 Å². The molecule has 148 valence electrons. The molecule has 0 aromatic carbocycles. The molecule has 2 atom stereocenters. The van der Waals surface area contributed by atoms with E-state index < -0.39 is 11.9 Å². The van der Waals surface area contributed by atoms with Crippen molar-refractivity contribution in [3.8, 4) is 0 Å². The summed E-state index contributed by atoms with van der Waals surface area (Å²) < 4.78 is 4.99. The number of hydrogen-bond acceptors (Lipinski definition) is 3. The molecular weight excluding hydrogens is 448 g/mol. The van der Waals surface area contributed by atoms with Crippen LogP contribution in [0.5, 0.6) is 0 Å². The van der Waals surface area contributed by atoms with E-state index in [9.17, 15) is 9.59 Å². The summed E-state index contributed by atoms with van der Waals surface area (Å²) in [4.78, 5) is 23.2. The van der Waals surface area contributed by atoms with Crippen molar-refractivity contribution in [1.29, 1.82) is 0 Å². The van der Waals surface area contributed by atoms with Crippen LogP contribution in [0.1, 0.15) is 104 Å². The second kappa shape index (κ2) is 17.5. The quantitative estimate of drug-likeness (QED) is 0.102. The van der Waals surface area contributed by atoms with Crippen molar-refractivity contribution < 1.29 is 14.3 Å². The molecule has 0 aliphatic rings. The molecule has 2 unspecified atom stereocenters. The molecule has 0 spiro atoms. The van der Waals surface area contributed by atoms with Crippen molar-refractivity contribution in [3.63, 3.8) is 0 Å². The third-order valence-electron chi connectivity index (χ3n) is 4.33. The number of ether oxygens (including phenoxy) is 1. The molecular formula is C20H36Br2O3. The van der Waals surface area contributed by atoms with Crippen LogP contribution in [0.15, 0.2) is 0 Å². The van der Waals surface area contributed by atoms with Crippen LogP contribution in [0.25, 0.3) is 0 Å². The molecule has 0 radical (unpaired) electrons. The Morgan fingerprint density at radius 2 is 0.960 bits per heavy atom. The Labute approximate surface area is 171 Å². The van der Waals surface area contributed by atoms with Crippen LogP contribution in [-0.2, 0) is 14.3 Å². The van der Waals surface area contributed by atoms with Gasteiger partial charge in [-0.05, 0) is 12.8 Å². The van der Waals surface area contributed by atoms with Crippen LogP contribution >= 0.6 is 31.9 Å². The molecule has 0 aliphatic carbocycles. The van der Waals surface area contributed by atoms with Crippen molar-refractivity contribution in [2.24, 2.45) is 0 Å². The maximum atomic E-state index is 12.0. The lowest BCUT2D eigenvalue weighted by Gasteiger charge is -2.12. The zero-order valence-electron chi connectivity index (χ0n) is 16.0. The monoisotopic (exact) mass is 482 g/mol. The highest BCUT2D eigenvalue weighted by Crippen LogP contribution is 2.18. The molecule has 0 aliphatic heterocycles. The van der Waals surface area contributed by atoms with Gasteiger partial charge in [0.25, 0.3) is 0 Å². The number of esters is 2. The van der Waals surface area contributed by atoms with Gasteiger partial charge in [-0.2, -0.15) is 0 Å². The van der Waals surface area contributed by atoms with Crippen molar-refractivity contribution >= 4 is 43.8 Å². The minimum atomic E-state index is -0.453. The summed E-state index contributed by atoms with van der Waals surface area (Å²) in [5, 5.41) is 0. The summed E-state index contributed by atoms with van der Waals surface area (Å²) >= 11 is 6.70. The molecule has 0 aromatic rings. The van der Waals surface area contributed by atoms with Crippen molar-refractivity contribution in [2.45, 2.75) is 113 Å². The average Bonchev–Trinajstić information content (AvgIpc) is 2.60. The molecule has 3 nitrogen and oxygen atoms in total. The summed E-state index contributed by atoms with van der Waals surface area (Å²) in [6, 6.07) is 0. The minimum absolute atomic E-state index is 0.378. The molecule has 0 saturated heterocycles. The van der Waals surface area contributed by atoms with Gasteiger partial charge in [-0.3, -0.25) is 9.59 Å². The summed E-state index contributed by atoms with van der Waals surface area (Å²) in [7, 11) is 0. The number of rotatable bonds is 16. The van der Waals surface area contributed by atoms with E-state index in [0.29, 0.717) is 0 Å².